The average Bonchev–Trinajstić information content (AvgIpc) is 2.10. The molecule has 0 aromatic carbocycles. The molecular formula is C6H12N3O3S+. The molecule has 6 nitrogen and oxygen atoms in total. The Morgan fingerprint density at radius 1 is 1.38 bits per heavy atom. The van der Waals surface area contributed by atoms with Gasteiger partial charge in [0.2, 0.25) is 5.11 Å². The summed E-state index contributed by atoms with van der Waals surface area (Å²) >= 11 is 4.66. The van der Waals surface area contributed by atoms with Crippen LogP contribution in [-0.2, 0) is 9.59 Å². The van der Waals surface area contributed by atoms with E-state index in [1.54, 1.807) is 0 Å². The third kappa shape index (κ3) is 7.16. The molecule has 6 N–H and O–H groups in total. The Hall–Kier alpha value is -1.21. The van der Waals surface area contributed by atoms with Crippen molar-refractivity contribution in [1.82, 2.24) is 10.7 Å². The van der Waals surface area contributed by atoms with Crippen LogP contribution in [0.5, 0.6) is 0 Å². The summed E-state index contributed by atoms with van der Waals surface area (Å²) in [5.74, 6) is 2.10. The topological polar surface area (TPSA) is 106 Å². The van der Waals surface area contributed by atoms with Crippen LogP contribution in [-0.4, -0.2) is 28.5 Å². The minimum absolute atomic E-state index is 0.0160. The first-order valence-electron chi connectivity index (χ1n) is 3.60. The van der Waals surface area contributed by atoms with Gasteiger partial charge in [-0.15, -0.1) is 0 Å². The Bertz CT molecular complexity index is 219. The normalized spacial score (nSPS) is 9.00. The second-order valence-electron chi connectivity index (χ2n) is 2.29. The van der Waals surface area contributed by atoms with Crippen molar-refractivity contribution < 1.29 is 20.5 Å². The van der Waals surface area contributed by atoms with E-state index in [9.17, 15) is 9.59 Å². The zero-order valence-electron chi connectivity index (χ0n) is 7.00. The molecule has 0 aromatic rings. The van der Waals surface area contributed by atoms with Gasteiger partial charge in [0.1, 0.15) is 0 Å². The number of thiocarbonyl (C=S) groups is 1. The molecule has 0 aromatic heterocycles. The molecular weight excluding hydrogens is 194 g/mol. The lowest BCUT2D eigenvalue weighted by Crippen LogP contribution is -2.69. The first kappa shape index (κ1) is 11.8. The molecule has 0 spiro atoms. The molecule has 0 heterocycles. The molecule has 0 atom stereocenters. The smallest absolute Gasteiger partial charge is 0.303 e. The summed E-state index contributed by atoms with van der Waals surface area (Å²) in [6.07, 6.45) is -0.132. The number of Topliss-reactive ketones (excluding diaryl/α,β-unsaturated/α-hetero) is 1. The summed E-state index contributed by atoms with van der Waals surface area (Å²) in [6.45, 7) is 0.0363. The molecule has 0 saturated carbocycles. The fourth-order valence-corrected chi connectivity index (χ4v) is 0.648. The number of carboxylic acids is 1. The summed E-state index contributed by atoms with van der Waals surface area (Å²) in [4.78, 5) is 21.0. The van der Waals surface area contributed by atoms with Gasteiger partial charge in [-0.25, -0.2) is 5.43 Å². The van der Waals surface area contributed by atoms with Crippen molar-refractivity contribution in [3.05, 3.63) is 0 Å². The Balaban J connectivity index is 3.52. The van der Waals surface area contributed by atoms with Crippen molar-refractivity contribution in [2.45, 2.75) is 12.8 Å². The van der Waals surface area contributed by atoms with Crippen LogP contribution in [0.25, 0.3) is 0 Å². The van der Waals surface area contributed by atoms with Crippen LogP contribution in [0.15, 0.2) is 0 Å². The highest BCUT2D eigenvalue weighted by atomic mass is 32.1. The monoisotopic (exact) mass is 206 g/mol. The highest BCUT2D eigenvalue weighted by molar-refractivity contribution is 7.80. The summed E-state index contributed by atoms with van der Waals surface area (Å²) in [7, 11) is 0. The number of quaternary nitrogens is 1. The third-order valence-corrected chi connectivity index (χ3v) is 1.51. The fraction of sp³-hybridized carbons (Fsp3) is 0.500. The lowest BCUT2D eigenvalue weighted by atomic mass is 10.2. The lowest BCUT2D eigenvalue weighted by molar-refractivity contribution is -0.419. The summed E-state index contributed by atoms with van der Waals surface area (Å²) < 4.78 is 0. The minimum atomic E-state index is -0.980. The molecule has 0 saturated heterocycles. The van der Waals surface area contributed by atoms with Crippen LogP contribution in [0.4, 0.5) is 0 Å². The number of carboxylic acid groups (broad SMARTS) is 1. The van der Waals surface area contributed by atoms with E-state index in [0.29, 0.717) is 0 Å². The standard InChI is InChI=1S/C6H11N3O3S/c7-9-6(13)8-3-4(10)1-2-5(11)12/h1-3,7H2,(H,11,12)(H2,8,9,13)/p+1. The van der Waals surface area contributed by atoms with Crippen molar-refractivity contribution in [3.8, 4) is 0 Å². The van der Waals surface area contributed by atoms with Gasteiger partial charge < -0.3 is 10.4 Å². The second-order valence-corrected chi connectivity index (χ2v) is 2.70. The zero-order chi connectivity index (χ0) is 10.3. The second kappa shape index (κ2) is 6.32. The molecule has 0 unspecified atom stereocenters. The Morgan fingerprint density at radius 3 is 2.46 bits per heavy atom. The zero-order valence-corrected chi connectivity index (χ0v) is 7.82. The first-order chi connectivity index (χ1) is 6.06. The summed E-state index contributed by atoms with van der Waals surface area (Å²) in [5.41, 5.74) is 2.39. The number of hydrogen-bond donors (Lipinski definition) is 4. The maximum Gasteiger partial charge on any atom is 0.303 e. The van der Waals surface area contributed by atoms with E-state index in [-0.39, 0.29) is 30.3 Å². The highest BCUT2D eigenvalue weighted by Gasteiger charge is 2.05. The molecule has 0 aliphatic heterocycles. The van der Waals surface area contributed by atoms with E-state index < -0.39 is 5.97 Å². The number of nitrogens with one attached hydrogen (secondary N) is 2. The predicted octanol–water partition coefficient (Wildman–Crippen LogP) is -1.96. The molecule has 0 rings (SSSR count). The van der Waals surface area contributed by atoms with Crippen molar-refractivity contribution in [3.63, 3.8) is 0 Å². The van der Waals surface area contributed by atoms with Crippen LogP contribution in [0.2, 0.25) is 0 Å². The first-order valence-corrected chi connectivity index (χ1v) is 4.01. The van der Waals surface area contributed by atoms with Crippen molar-refractivity contribution >= 4 is 29.1 Å². The number of hydrogen-bond acceptors (Lipinski definition) is 3. The Morgan fingerprint density at radius 2 is 2.00 bits per heavy atom. The number of ketones is 1. The maximum atomic E-state index is 10.9. The van der Waals surface area contributed by atoms with Gasteiger partial charge in [-0.3, -0.25) is 15.4 Å². The van der Waals surface area contributed by atoms with Gasteiger partial charge in [-0.05, 0) is 12.2 Å². The largest absolute Gasteiger partial charge is 0.481 e. The van der Waals surface area contributed by atoms with E-state index in [1.807, 2.05) is 0 Å². The molecule has 74 valence electrons. The SMILES string of the molecule is [NH3+]NC(=S)NCC(=O)CCC(=O)O. The average molecular weight is 206 g/mol. The van der Waals surface area contributed by atoms with Crippen LogP contribution in [0.1, 0.15) is 12.8 Å². The van der Waals surface area contributed by atoms with Gasteiger partial charge in [0.05, 0.1) is 13.0 Å². The quantitative estimate of drug-likeness (QED) is 0.307. The Labute approximate surface area is 80.4 Å². The van der Waals surface area contributed by atoms with Crippen LogP contribution >= 0.6 is 12.2 Å². The van der Waals surface area contributed by atoms with Crippen molar-refractivity contribution in [2.75, 3.05) is 6.54 Å². The number of carbonyl (C=O) groups is 2. The van der Waals surface area contributed by atoms with E-state index >= 15 is 0 Å². The molecule has 0 aliphatic carbocycles. The van der Waals surface area contributed by atoms with E-state index in [1.165, 1.54) is 0 Å². The van der Waals surface area contributed by atoms with Gasteiger partial charge in [0.15, 0.2) is 5.78 Å². The number of carbonyl (C=O) groups excluding carboxylic acids is 1. The number of rotatable bonds is 5. The van der Waals surface area contributed by atoms with E-state index in [2.05, 4.69) is 28.8 Å². The van der Waals surface area contributed by atoms with E-state index in [0.717, 1.165) is 0 Å². The summed E-state index contributed by atoms with van der Waals surface area (Å²) in [5, 5.41) is 11.1. The van der Waals surface area contributed by atoms with Crippen molar-refractivity contribution in [2.24, 2.45) is 0 Å². The molecule has 0 amide bonds. The maximum absolute atomic E-state index is 10.9. The molecule has 0 radical (unpaired) electrons. The molecule has 7 heteroatoms. The van der Waals surface area contributed by atoms with E-state index in [4.69, 9.17) is 5.11 Å². The van der Waals surface area contributed by atoms with Gasteiger partial charge >= 0.3 is 5.97 Å². The fourth-order valence-electron chi connectivity index (χ4n) is 0.576. The van der Waals surface area contributed by atoms with Crippen LogP contribution in [0.3, 0.4) is 0 Å². The molecule has 0 fully saturated rings. The van der Waals surface area contributed by atoms with Gasteiger partial charge in [0.25, 0.3) is 0 Å². The lowest BCUT2D eigenvalue weighted by Gasteiger charge is -2.02. The predicted molar refractivity (Wildman–Crippen MR) is 48.5 cm³/mol. The molecule has 13 heavy (non-hydrogen) atoms. The Kier molecular flexibility index (Phi) is 5.73. The van der Waals surface area contributed by atoms with Crippen LogP contribution < -0.4 is 16.6 Å². The van der Waals surface area contributed by atoms with Crippen LogP contribution in [0, 0.1) is 0 Å². The van der Waals surface area contributed by atoms with Gasteiger partial charge in [-0.2, -0.15) is 0 Å². The molecule has 0 aliphatic rings. The van der Waals surface area contributed by atoms with Crippen molar-refractivity contribution in [1.29, 1.82) is 0 Å². The minimum Gasteiger partial charge on any atom is -0.481 e. The summed E-state index contributed by atoms with van der Waals surface area (Å²) in [6, 6.07) is 0. The molecule has 0 bridgehead atoms. The highest BCUT2D eigenvalue weighted by Crippen LogP contribution is 1.89. The third-order valence-electron chi connectivity index (χ3n) is 1.22. The number of aliphatic carboxylic acids is 1. The van der Waals surface area contributed by atoms with Gasteiger partial charge in [0, 0.05) is 6.42 Å². The van der Waals surface area contributed by atoms with Gasteiger partial charge in [-0.1, -0.05) is 0 Å².